The van der Waals surface area contributed by atoms with E-state index < -0.39 is 11.7 Å². The van der Waals surface area contributed by atoms with Crippen molar-refractivity contribution in [2.45, 2.75) is 43.8 Å². The van der Waals surface area contributed by atoms with Crippen molar-refractivity contribution in [2.24, 2.45) is 0 Å². The van der Waals surface area contributed by atoms with Crippen molar-refractivity contribution < 1.29 is 14.6 Å². The predicted octanol–water partition coefficient (Wildman–Crippen LogP) is 1.16. The molecule has 0 aromatic rings. The first-order valence-electron chi connectivity index (χ1n) is 4.73. The summed E-state index contributed by atoms with van der Waals surface area (Å²) in [6.07, 6.45) is 3.57. The fourth-order valence-electron chi connectivity index (χ4n) is 2.24. The van der Waals surface area contributed by atoms with E-state index in [1.165, 1.54) is 0 Å². The van der Waals surface area contributed by atoms with E-state index in [1.54, 1.807) is 0 Å². The van der Waals surface area contributed by atoms with Crippen LogP contribution in [0.1, 0.15) is 32.1 Å². The van der Waals surface area contributed by atoms with Crippen molar-refractivity contribution in [3.8, 4) is 0 Å². The van der Waals surface area contributed by atoms with Crippen molar-refractivity contribution in [2.75, 3.05) is 0 Å². The molecule has 1 aliphatic heterocycles. The van der Waals surface area contributed by atoms with Crippen LogP contribution in [-0.2, 0) is 9.53 Å². The Kier molecular flexibility index (Phi) is 1.91. The summed E-state index contributed by atoms with van der Waals surface area (Å²) in [4.78, 5) is 11.2. The topological polar surface area (TPSA) is 46.5 Å². The Bertz CT molecular complexity index is 241. The molecular weight excluding hydrogens is 168 g/mol. The van der Waals surface area contributed by atoms with Gasteiger partial charge in [0.05, 0.1) is 6.10 Å². The van der Waals surface area contributed by atoms with Gasteiger partial charge < -0.3 is 9.84 Å². The Morgan fingerprint density at radius 3 is 2.85 bits per heavy atom. The number of aliphatic hydroxyl groups excluding tert-OH is 1. The first kappa shape index (κ1) is 8.75. The smallest absolute Gasteiger partial charge is 0.334 e. The summed E-state index contributed by atoms with van der Waals surface area (Å²) in [5.41, 5.74) is -0.118. The molecule has 0 radical (unpaired) electrons. The lowest BCUT2D eigenvalue weighted by molar-refractivity contribution is -0.162. The van der Waals surface area contributed by atoms with Gasteiger partial charge in [-0.05, 0) is 19.3 Å². The normalized spacial score (nSPS) is 39.6. The molecule has 1 saturated heterocycles. The highest BCUT2D eigenvalue weighted by Crippen LogP contribution is 2.41. The Labute approximate surface area is 77.4 Å². The zero-order valence-corrected chi connectivity index (χ0v) is 7.58. The minimum absolute atomic E-state index is 0.332. The highest BCUT2D eigenvalue weighted by Gasteiger charge is 2.49. The third-order valence-corrected chi connectivity index (χ3v) is 3.03. The zero-order chi connectivity index (χ0) is 9.47. The van der Waals surface area contributed by atoms with Crippen molar-refractivity contribution in [3.63, 3.8) is 0 Å². The highest BCUT2D eigenvalue weighted by atomic mass is 16.6. The first-order chi connectivity index (χ1) is 6.14. The van der Waals surface area contributed by atoms with Crippen LogP contribution in [0.5, 0.6) is 0 Å². The number of carbonyl (C=O) groups excluding carboxylic acids is 1. The number of hydrogen-bond donors (Lipinski definition) is 1. The summed E-state index contributed by atoms with van der Waals surface area (Å²) in [6.45, 7) is 3.63. The summed E-state index contributed by atoms with van der Waals surface area (Å²) < 4.78 is 5.23. The molecule has 13 heavy (non-hydrogen) atoms. The van der Waals surface area contributed by atoms with Crippen molar-refractivity contribution in [1.29, 1.82) is 0 Å². The zero-order valence-electron chi connectivity index (χ0n) is 7.58. The molecule has 2 unspecified atom stereocenters. The quantitative estimate of drug-likeness (QED) is 0.451. The molecular formula is C10H14O3. The van der Waals surface area contributed by atoms with Gasteiger partial charge in [0.2, 0.25) is 0 Å². The SMILES string of the molecule is C=C1CC2(CCCCC2O)OC1=O. The van der Waals surface area contributed by atoms with Gasteiger partial charge in [-0.25, -0.2) is 4.79 Å². The van der Waals surface area contributed by atoms with Crippen LogP contribution >= 0.6 is 0 Å². The highest BCUT2D eigenvalue weighted by molar-refractivity contribution is 5.90. The molecule has 1 N–H and O–H groups in total. The van der Waals surface area contributed by atoms with E-state index in [4.69, 9.17) is 4.74 Å². The molecule has 1 saturated carbocycles. The largest absolute Gasteiger partial charge is 0.453 e. The van der Waals surface area contributed by atoms with Crippen LogP contribution in [0.25, 0.3) is 0 Å². The van der Waals surface area contributed by atoms with Crippen molar-refractivity contribution >= 4 is 5.97 Å². The van der Waals surface area contributed by atoms with Gasteiger partial charge in [-0.15, -0.1) is 0 Å². The lowest BCUT2D eigenvalue weighted by Gasteiger charge is -2.36. The van der Waals surface area contributed by atoms with E-state index in [2.05, 4.69) is 6.58 Å². The van der Waals surface area contributed by atoms with E-state index in [9.17, 15) is 9.90 Å². The summed E-state index contributed by atoms with van der Waals surface area (Å²) in [6, 6.07) is 0. The average Bonchev–Trinajstić information content (AvgIpc) is 2.36. The van der Waals surface area contributed by atoms with E-state index >= 15 is 0 Å². The summed E-state index contributed by atoms with van der Waals surface area (Å²) in [5.74, 6) is -0.332. The first-order valence-corrected chi connectivity index (χ1v) is 4.73. The fraction of sp³-hybridized carbons (Fsp3) is 0.700. The molecule has 1 spiro atoms. The third kappa shape index (κ3) is 1.27. The number of carbonyl (C=O) groups is 1. The lowest BCUT2D eigenvalue weighted by atomic mass is 9.80. The molecule has 3 heteroatoms. The Balaban J connectivity index is 2.20. The lowest BCUT2D eigenvalue weighted by Crippen LogP contribution is -2.44. The predicted molar refractivity (Wildman–Crippen MR) is 47.1 cm³/mol. The molecule has 2 rings (SSSR count). The molecule has 0 amide bonds. The minimum Gasteiger partial charge on any atom is -0.453 e. The monoisotopic (exact) mass is 182 g/mol. The van der Waals surface area contributed by atoms with Gasteiger partial charge in [0.1, 0.15) is 5.60 Å². The van der Waals surface area contributed by atoms with Gasteiger partial charge in [0.25, 0.3) is 0 Å². The van der Waals surface area contributed by atoms with Gasteiger partial charge >= 0.3 is 5.97 Å². The fourth-order valence-corrected chi connectivity index (χ4v) is 2.24. The van der Waals surface area contributed by atoms with Gasteiger partial charge in [-0.1, -0.05) is 13.0 Å². The number of hydrogen-bond acceptors (Lipinski definition) is 3. The van der Waals surface area contributed by atoms with Crippen LogP contribution in [0.2, 0.25) is 0 Å². The second-order valence-electron chi connectivity index (χ2n) is 4.00. The molecule has 1 heterocycles. The summed E-state index contributed by atoms with van der Waals surface area (Å²) >= 11 is 0. The molecule has 2 aliphatic rings. The van der Waals surface area contributed by atoms with Gasteiger partial charge in [0, 0.05) is 12.0 Å². The number of ether oxygens (including phenoxy) is 1. The van der Waals surface area contributed by atoms with Gasteiger partial charge in [0.15, 0.2) is 0 Å². The molecule has 0 aromatic carbocycles. The number of esters is 1. The van der Waals surface area contributed by atoms with Gasteiger partial charge in [-0.2, -0.15) is 0 Å². The molecule has 0 aromatic heterocycles. The average molecular weight is 182 g/mol. The molecule has 3 nitrogen and oxygen atoms in total. The van der Waals surface area contributed by atoms with Crippen LogP contribution in [0, 0.1) is 0 Å². The maximum absolute atomic E-state index is 11.2. The standard InChI is InChI=1S/C10H14O3/c1-7-6-10(13-9(7)12)5-3-2-4-8(10)11/h8,11H,1-6H2. The van der Waals surface area contributed by atoms with Crippen LogP contribution < -0.4 is 0 Å². The Morgan fingerprint density at radius 1 is 1.54 bits per heavy atom. The van der Waals surface area contributed by atoms with Crippen LogP contribution in [-0.4, -0.2) is 22.8 Å². The summed E-state index contributed by atoms with van der Waals surface area (Å²) in [7, 11) is 0. The summed E-state index contributed by atoms with van der Waals surface area (Å²) in [5, 5.41) is 9.78. The maximum atomic E-state index is 11.2. The van der Waals surface area contributed by atoms with E-state index in [1.807, 2.05) is 0 Å². The Morgan fingerprint density at radius 2 is 2.31 bits per heavy atom. The molecule has 2 fully saturated rings. The Hall–Kier alpha value is -0.830. The maximum Gasteiger partial charge on any atom is 0.334 e. The third-order valence-electron chi connectivity index (χ3n) is 3.03. The number of aliphatic hydroxyl groups is 1. The van der Waals surface area contributed by atoms with Crippen LogP contribution in [0.4, 0.5) is 0 Å². The van der Waals surface area contributed by atoms with Gasteiger partial charge in [-0.3, -0.25) is 0 Å². The molecule has 72 valence electrons. The minimum atomic E-state index is -0.619. The van der Waals surface area contributed by atoms with Crippen molar-refractivity contribution in [3.05, 3.63) is 12.2 Å². The van der Waals surface area contributed by atoms with Crippen LogP contribution in [0.15, 0.2) is 12.2 Å². The second-order valence-corrected chi connectivity index (χ2v) is 4.00. The second kappa shape index (κ2) is 2.84. The van der Waals surface area contributed by atoms with E-state index in [0.717, 1.165) is 25.7 Å². The molecule has 1 aliphatic carbocycles. The molecule has 0 bridgehead atoms. The van der Waals surface area contributed by atoms with E-state index in [-0.39, 0.29) is 5.97 Å². The van der Waals surface area contributed by atoms with E-state index in [0.29, 0.717) is 12.0 Å². The number of rotatable bonds is 0. The molecule has 2 atom stereocenters. The van der Waals surface area contributed by atoms with Crippen molar-refractivity contribution in [1.82, 2.24) is 0 Å². The van der Waals surface area contributed by atoms with Crippen LogP contribution in [0.3, 0.4) is 0 Å².